The third-order valence-electron chi connectivity index (χ3n) is 20.8. The van der Waals surface area contributed by atoms with Gasteiger partial charge in [-0.1, -0.05) is 87.0 Å². The number of unbranched alkanes of at least 4 members (excludes halogenated alkanes) is 3. The topological polar surface area (TPSA) is 554 Å². The first-order valence-electron chi connectivity index (χ1n) is 37.3. The highest BCUT2D eigenvalue weighted by Gasteiger charge is 2.49. The molecule has 620 valence electrons. The lowest BCUT2D eigenvalue weighted by atomic mass is 9.89. The van der Waals surface area contributed by atoms with Gasteiger partial charge in [0.2, 0.25) is 59.7 Å². The average Bonchev–Trinajstić information content (AvgIpc) is 0.760. The number of hydrogen-bond acceptors (Lipinski definition) is 27. The molecule has 37 heteroatoms. The van der Waals surface area contributed by atoms with Crippen molar-refractivity contribution in [3.8, 4) is 80.1 Å². The number of aromatic hydroxyl groups is 4. The van der Waals surface area contributed by atoms with Crippen LogP contribution >= 0.6 is 23.2 Å². The van der Waals surface area contributed by atoms with Gasteiger partial charge in [0, 0.05) is 48.1 Å². The first kappa shape index (κ1) is 83.6. The number of carboxylic acid groups (broad SMARTS) is 1. The maximum absolute atomic E-state index is 16.6. The maximum Gasteiger partial charge on any atom is 0.330 e. The summed E-state index contributed by atoms with van der Waals surface area (Å²) in [5, 5.41) is 152. The summed E-state index contributed by atoms with van der Waals surface area (Å²) in [6.07, 6.45) is -14.7. The van der Waals surface area contributed by atoms with E-state index in [1.165, 1.54) is 60.7 Å². The number of carbonyl (C=O) groups is 8. The fourth-order valence-corrected chi connectivity index (χ4v) is 15.0. The Morgan fingerprint density at radius 2 is 1.06 bits per heavy atom. The molecule has 0 unspecified atom stereocenters. The van der Waals surface area contributed by atoms with Crippen molar-refractivity contribution in [3.05, 3.63) is 164 Å². The van der Waals surface area contributed by atoms with Crippen molar-refractivity contribution in [2.24, 2.45) is 11.7 Å². The summed E-state index contributed by atoms with van der Waals surface area (Å²) in [6, 6.07) is 6.05. The predicted octanol–water partition coefficient (Wildman–Crippen LogP) is 3.56. The zero-order valence-electron chi connectivity index (χ0n) is 62.3. The first-order valence-corrected chi connectivity index (χ1v) is 38.1. The molecule has 8 aliphatic rings. The highest BCUT2D eigenvalue weighted by atomic mass is 35.5. The van der Waals surface area contributed by atoms with E-state index in [0.29, 0.717) is 18.8 Å². The molecule has 17 atom stereocenters. The number of phenolic OH excluding ortho intramolecular Hbond substituents is 4. The molecule has 0 spiro atoms. The second-order valence-corrected chi connectivity index (χ2v) is 30.4. The van der Waals surface area contributed by atoms with E-state index in [1.54, 1.807) is 0 Å². The summed E-state index contributed by atoms with van der Waals surface area (Å²) in [4.78, 5) is 122. The molecule has 117 heavy (non-hydrogen) atoms. The lowest BCUT2D eigenvalue weighted by molar-refractivity contribution is -0.277. The molecular formula is C80H84Cl2N8O27. The van der Waals surface area contributed by atoms with E-state index in [1.807, 2.05) is 0 Å². The molecule has 0 saturated carbocycles. The van der Waals surface area contributed by atoms with E-state index in [2.05, 4.69) is 51.1 Å². The smallest absolute Gasteiger partial charge is 0.330 e. The normalized spacial score (nSPS) is 26.5. The zero-order chi connectivity index (χ0) is 83.7. The lowest BCUT2D eigenvalue weighted by Crippen LogP contribution is -2.65. The number of carbonyl (C=O) groups excluding carboxylic acids is 7. The van der Waals surface area contributed by atoms with Crippen LogP contribution in [0.1, 0.15) is 122 Å². The van der Waals surface area contributed by atoms with Gasteiger partial charge in [-0.2, -0.15) is 0 Å². The molecule has 2 fully saturated rings. The number of carboxylic acids is 1. The molecule has 17 bridgehead atoms. The van der Waals surface area contributed by atoms with Crippen LogP contribution in [0.25, 0.3) is 11.1 Å². The Balaban J connectivity index is 1.04. The number of aliphatic carboxylic acids is 1. The van der Waals surface area contributed by atoms with E-state index >= 15 is 24.0 Å². The van der Waals surface area contributed by atoms with Crippen LogP contribution in [0.15, 0.2) is 115 Å². The molecule has 8 aliphatic heterocycles. The number of amides is 7. The van der Waals surface area contributed by atoms with E-state index in [-0.39, 0.29) is 67.3 Å². The van der Waals surface area contributed by atoms with Crippen molar-refractivity contribution < 1.29 is 133 Å². The van der Waals surface area contributed by atoms with Gasteiger partial charge in [0.05, 0.1) is 23.3 Å². The molecule has 7 aromatic carbocycles. The van der Waals surface area contributed by atoms with Crippen molar-refractivity contribution in [3.63, 3.8) is 0 Å². The van der Waals surface area contributed by atoms with Crippen LogP contribution in [0.4, 0.5) is 0 Å². The van der Waals surface area contributed by atoms with Crippen molar-refractivity contribution >= 4 is 70.5 Å². The number of halogens is 2. The van der Waals surface area contributed by atoms with Gasteiger partial charge in [0.15, 0.2) is 29.0 Å². The van der Waals surface area contributed by atoms with Gasteiger partial charge in [-0.3, -0.25) is 33.6 Å². The van der Waals surface area contributed by atoms with Crippen LogP contribution in [0.3, 0.4) is 0 Å². The van der Waals surface area contributed by atoms with Crippen molar-refractivity contribution in [2.75, 3.05) is 13.2 Å². The number of nitrogens with one attached hydrogen (secondary N) is 7. The molecule has 0 aliphatic carbocycles. The third-order valence-corrected chi connectivity index (χ3v) is 21.3. The van der Waals surface area contributed by atoms with E-state index < -0.39 is 245 Å². The predicted molar refractivity (Wildman–Crippen MR) is 408 cm³/mol. The number of fused-ring (bicyclic) bond motifs is 14. The van der Waals surface area contributed by atoms with E-state index in [9.17, 15) is 75.7 Å². The van der Waals surface area contributed by atoms with Gasteiger partial charge in [0.1, 0.15) is 125 Å². The monoisotopic (exact) mass is 1660 g/mol. The van der Waals surface area contributed by atoms with E-state index in [0.717, 1.165) is 73.9 Å². The Labute approximate surface area is 675 Å². The standard InChI is InChI=1S/C80H84Cl2N8O27/c1-32(2)7-5-3-4-6-8-58(97)86-65-68(100)66(98)56(30-91)115-79(65)117-71-54-25-38-26-55(71)113-51-16-10-34(18-45(51)82)20-47-73(104)90-64(78(109)110)43-28-40(94)29-53(114-80-70(102)69(101)67(99)57(31-92)116-80)59(43)42-23-36(12-13-48(42)95)61(75(106)85-47)88-77(108)63(38)89-76(107)62-37-21-39(93)27-41(22-37)111-52-24-35(11-14-49(52)96)60(83)74(105)84-46(72(103)87-62)19-33-9-15-50(112-54)44(81)17-33/h9-18,21-29,32,46-47,56-57,60-70,79-80,91-96,98-102H,3-8,19-20,30-31,83H2,1-2H3,(H,84,105)(H,85,106)(H,86,97)(H,87,103)(H,88,108)(H,89,107)(H,90,104)(H,109,110)/t46-,47+,56-,57-,60+,61-,62+,63-,64-,65-,66-,67-,68-,69+,70+,79+,80+/m1/s1. The summed E-state index contributed by atoms with van der Waals surface area (Å²) in [6.45, 7) is 2.28. The van der Waals surface area contributed by atoms with Crippen molar-refractivity contribution in [2.45, 2.75) is 169 Å². The molecule has 2 saturated heterocycles. The number of ether oxygens (including phenoxy) is 7. The zero-order valence-corrected chi connectivity index (χ0v) is 63.8. The highest BCUT2D eigenvalue weighted by Crippen LogP contribution is 2.50. The molecule has 8 heterocycles. The minimum Gasteiger partial charge on any atom is -0.508 e. The third kappa shape index (κ3) is 18.3. The number of benzene rings is 7. The number of phenols is 4. The lowest BCUT2D eigenvalue weighted by Gasteiger charge is -2.42. The van der Waals surface area contributed by atoms with Gasteiger partial charge in [0.25, 0.3) is 0 Å². The second kappa shape index (κ2) is 35.2. The minimum atomic E-state index is -2.36. The number of hydrogen-bond donors (Lipinski definition) is 20. The quantitative estimate of drug-likeness (QED) is 0.0652. The Hall–Kier alpha value is -11.3. The Bertz CT molecular complexity index is 5020. The molecule has 21 N–H and O–H groups in total. The van der Waals surface area contributed by atoms with Gasteiger partial charge in [-0.15, -0.1) is 0 Å². The summed E-state index contributed by atoms with van der Waals surface area (Å²) >= 11 is 14.4. The van der Waals surface area contributed by atoms with Crippen LogP contribution in [0.2, 0.25) is 10.0 Å². The molecule has 35 nitrogen and oxygen atoms in total. The molecule has 15 rings (SSSR count). The Kier molecular flexibility index (Phi) is 25.2. The Morgan fingerprint density at radius 3 is 1.68 bits per heavy atom. The van der Waals surface area contributed by atoms with Crippen LogP contribution in [0.5, 0.6) is 69.0 Å². The van der Waals surface area contributed by atoms with Gasteiger partial charge < -0.3 is 137 Å². The van der Waals surface area contributed by atoms with Crippen LogP contribution in [-0.4, -0.2) is 195 Å². The molecule has 7 aromatic rings. The summed E-state index contributed by atoms with van der Waals surface area (Å²) < 4.78 is 44.3. The van der Waals surface area contributed by atoms with Crippen molar-refractivity contribution in [1.82, 2.24) is 37.2 Å². The largest absolute Gasteiger partial charge is 0.508 e. The molecular weight excluding hydrogens is 1580 g/mol. The summed E-state index contributed by atoms with van der Waals surface area (Å²) in [5.74, 6) is -15.7. The fourth-order valence-electron chi connectivity index (χ4n) is 14.6. The SMILES string of the molecule is CC(C)CCCCCCC(=O)N[C@H]1[C@H](Oc2c3cc4cc2Oc2ccc(cc2Cl)C[C@H]2NC(=O)[C@@H](N)c5ccc(O)c(c5)Oc5cc(O)cc(c5)[C@H](NC2=O)C(=O)N[C@H]4C(=O)N[C@H]2C(=O)N[C@@H](Cc4ccc(c(Cl)c4)O3)C(=O)N[C@@H](C(=O)O)c3cc(O)cc(O[C@H]4O[C@H](CO)[C@@H](O)[C@H](O)[C@@H]4O)c3-c3cc2ccc3O)O[C@H](CO)[C@@H](O)[C@@H]1O. The number of rotatable bonds is 15. The van der Waals surface area contributed by atoms with Crippen molar-refractivity contribution in [1.29, 1.82) is 0 Å². The van der Waals surface area contributed by atoms with Gasteiger partial charge in [-0.25, -0.2) is 4.79 Å². The van der Waals surface area contributed by atoms with Crippen LogP contribution < -0.4 is 66.6 Å². The van der Waals surface area contributed by atoms with E-state index in [4.69, 9.17) is 62.1 Å². The summed E-state index contributed by atoms with van der Waals surface area (Å²) in [5.41, 5.74) is 4.18. The summed E-state index contributed by atoms with van der Waals surface area (Å²) in [7, 11) is 0. The average molecular weight is 1660 g/mol. The van der Waals surface area contributed by atoms with Gasteiger partial charge in [-0.05, 0) is 125 Å². The second-order valence-electron chi connectivity index (χ2n) is 29.5. The number of nitrogens with two attached hydrogens (primary N) is 1. The van der Waals surface area contributed by atoms with Crippen LogP contribution in [-0.2, 0) is 60.7 Å². The molecule has 0 aromatic heterocycles. The number of aliphatic hydroxyl groups is 7. The minimum absolute atomic E-state index is 0.0663. The fraction of sp³-hybridized carbons (Fsp3) is 0.375. The van der Waals surface area contributed by atoms with Crippen LogP contribution in [0, 0.1) is 5.92 Å². The Morgan fingerprint density at radius 1 is 0.521 bits per heavy atom. The molecule has 0 radical (unpaired) electrons. The first-order chi connectivity index (χ1) is 55.8. The molecule has 7 amide bonds. The highest BCUT2D eigenvalue weighted by molar-refractivity contribution is 6.32. The maximum atomic E-state index is 16.6. The van der Waals surface area contributed by atoms with Gasteiger partial charge >= 0.3 is 5.97 Å². The number of aliphatic hydroxyl groups excluding tert-OH is 7.